The largest absolute Gasteiger partial charge is 0.419 e. The van der Waals surface area contributed by atoms with Gasteiger partial charge in [0.15, 0.2) is 11.0 Å². The fraction of sp³-hybridized carbons (Fsp3) is 0.273. The maximum atomic E-state index is 5.91. The SMILES string of the molecule is CCCn1c(SC(C)c2nnc(-c3ccccc3)o2)nnc1-c1cccc(C)c1. The summed E-state index contributed by atoms with van der Waals surface area (Å²) >= 11 is 1.58. The number of aromatic nitrogens is 5. The van der Waals surface area contributed by atoms with Crippen LogP contribution in [0.25, 0.3) is 22.8 Å². The van der Waals surface area contributed by atoms with E-state index in [9.17, 15) is 0 Å². The summed E-state index contributed by atoms with van der Waals surface area (Å²) in [5.41, 5.74) is 3.20. The molecule has 6 nitrogen and oxygen atoms in total. The summed E-state index contributed by atoms with van der Waals surface area (Å²) in [6.07, 6.45) is 0.998. The van der Waals surface area contributed by atoms with Crippen LogP contribution >= 0.6 is 11.8 Å². The molecule has 1 atom stereocenters. The van der Waals surface area contributed by atoms with Gasteiger partial charge in [-0.3, -0.25) is 0 Å². The van der Waals surface area contributed by atoms with E-state index in [1.54, 1.807) is 11.8 Å². The van der Waals surface area contributed by atoms with E-state index in [1.807, 2.05) is 37.3 Å². The van der Waals surface area contributed by atoms with Gasteiger partial charge >= 0.3 is 0 Å². The molecular weight excluding hydrogens is 382 g/mol. The molecule has 2 aromatic carbocycles. The Morgan fingerprint density at radius 3 is 2.52 bits per heavy atom. The molecule has 7 heteroatoms. The van der Waals surface area contributed by atoms with E-state index in [1.165, 1.54) is 5.56 Å². The van der Waals surface area contributed by atoms with Crippen LogP contribution < -0.4 is 0 Å². The maximum absolute atomic E-state index is 5.91. The molecule has 0 saturated heterocycles. The standard InChI is InChI=1S/C22H23N5OS/c1-4-13-27-19(18-12-8-9-15(2)14-18)23-26-22(27)29-16(3)20-24-25-21(28-20)17-10-6-5-7-11-17/h5-12,14,16H,4,13H2,1-3H3. The molecule has 0 bridgehead atoms. The summed E-state index contributed by atoms with van der Waals surface area (Å²) in [7, 11) is 0. The third kappa shape index (κ3) is 4.24. The van der Waals surface area contributed by atoms with Crippen molar-refractivity contribution in [1.82, 2.24) is 25.0 Å². The van der Waals surface area contributed by atoms with E-state index >= 15 is 0 Å². The van der Waals surface area contributed by atoms with E-state index < -0.39 is 0 Å². The lowest BCUT2D eigenvalue weighted by Gasteiger charge is -2.11. The minimum absolute atomic E-state index is 0.0369. The highest BCUT2D eigenvalue weighted by atomic mass is 32.2. The van der Waals surface area contributed by atoms with Crippen molar-refractivity contribution >= 4 is 11.8 Å². The Balaban J connectivity index is 1.58. The van der Waals surface area contributed by atoms with Gasteiger partial charge in [0.05, 0.1) is 5.25 Å². The monoisotopic (exact) mass is 405 g/mol. The van der Waals surface area contributed by atoms with E-state index in [0.717, 1.165) is 35.1 Å². The van der Waals surface area contributed by atoms with E-state index in [2.05, 4.69) is 63.1 Å². The highest BCUT2D eigenvalue weighted by Gasteiger charge is 2.21. The van der Waals surface area contributed by atoms with Crippen LogP contribution in [-0.4, -0.2) is 25.0 Å². The summed E-state index contributed by atoms with van der Waals surface area (Å²) < 4.78 is 8.08. The van der Waals surface area contributed by atoms with Gasteiger partial charge in [0.2, 0.25) is 11.8 Å². The Kier molecular flexibility index (Phi) is 5.76. The molecule has 0 radical (unpaired) electrons. The minimum Gasteiger partial charge on any atom is -0.419 e. The number of nitrogens with zero attached hydrogens (tertiary/aromatic N) is 5. The molecule has 4 aromatic rings. The van der Waals surface area contributed by atoms with Crippen LogP contribution in [0, 0.1) is 6.92 Å². The van der Waals surface area contributed by atoms with Crippen LogP contribution in [0.3, 0.4) is 0 Å². The van der Waals surface area contributed by atoms with Crippen molar-refractivity contribution < 1.29 is 4.42 Å². The summed E-state index contributed by atoms with van der Waals surface area (Å²) in [5.74, 6) is 2.00. The first-order valence-electron chi connectivity index (χ1n) is 9.71. The Morgan fingerprint density at radius 2 is 1.76 bits per heavy atom. The van der Waals surface area contributed by atoms with Crippen LogP contribution in [0.5, 0.6) is 0 Å². The van der Waals surface area contributed by atoms with Gasteiger partial charge in [-0.15, -0.1) is 20.4 Å². The molecule has 29 heavy (non-hydrogen) atoms. The number of rotatable bonds is 7. The van der Waals surface area contributed by atoms with Crippen molar-refractivity contribution in [3.8, 4) is 22.8 Å². The highest BCUT2D eigenvalue weighted by molar-refractivity contribution is 7.99. The van der Waals surface area contributed by atoms with Crippen LogP contribution in [0.2, 0.25) is 0 Å². The first kappa shape index (κ1) is 19.4. The lowest BCUT2D eigenvalue weighted by atomic mass is 10.1. The second-order valence-electron chi connectivity index (χ2n) is 6.90. The molecule has 0 aliphatic carbocycles. The van der Waals surface area contributed by atoms with E-state index in [0.29, 0.717) is 11.8 Å². The fourth-order valence-electron chi connectivity index (χ4n) is 3.10. The molecular formula is C22H23N5OS. The smallest absolute Gasteiger partial charge is 0.247 e. The summed E-state index contributed by atoms with van der Waals surface area (Å²) in [6, 6.07) is 18.1. The van der Waals surface area contributed by atoms with Crippen molar-refractivity contribution in [2.45, 2.75) is 44.1 Å². The first-order chi connectivity index (χ1) is 14.2. The van der Waals surface area contributed by atoms with Gasteiger partial charge in [-0.25, -0.2) is 0 Å². The third-order valence-corrected chi connectivity index (χ3v) is 5.60. The predicted molar refractivity (Wildman–Crippen MR) is 114 cm³/mol. The fourth-order valence-corrected chi connectivity index (χ4v) is 4.01. The highest BCUT2D eigenvalue weighted by Crippen LogP contribution is 2.36. The van der Waals surface area contributed by atoms with Crippen molar-refractivity contribution in [3.05, 3.63) is 66.1 Å². The van der Waals surface area contributed by atoms with Gasteiger partial charge in [-0.05, 0) is 38.5 Å². The molecule has 0 aliphatic rings. The van der Waals surface area contributed by atoms with Crippen molar-refractivity contribution in [3.63, 3.8) is 0 Å². The van der Waals surface area contributed by atoms with E-state index in [-0.39, 0.29) is 5.25 Å². The normalized spacial score (nSPS) is 12.2. The first-order valence-corrected chi connectivity index (χ1v) is 10.6. The van der Waals surface area contributed by atoms with Crippen LogP contribution in [0.1, 0.15) is 37.0 Å². The van der Waals surface area contributed by atoms with Gasteiger partial charge in [0.1, 0.15) is 0 Å². The molecule has 1 unspecified atom stereocenters. The van der Waals surface area contributed by atoms with Crippen LogP contribution in [0.15, 0.2) is 64.2 Å². The lowest BCUT2D eigenvalue weighted by Crippen LogP contribution is -2.03. The molecule has 2 aromatic heterocycles. The lowest BCUT2D eigenvalue weighted by molar-refractivity contribution is 0.508. The Morgan fingerprint density at radius 1 is 0.966 bits per heavy atom. The maximum Gasteiger partial charge on any atom is 0.247 e. The number of thioether (sulfide) groups is 1. The zero-order valence-corrected chi connectivity index (χ0v) is 17.6. The second-order valence-corrected chi connectivity index (χ2v) is 8.21. The van der Waals surface area contributed by atoms with Crippen molar-refractivity contribution in [1.29, 1.82) is 0 Å². The summed E-state index contributed by atoms with van der Waals surface area (Å²) in [5, 5.41) is 18.2. The third-order valence-electron chi connectivity index (χ3n) is 4.53. The Bertz CT molecular complexity index is 1090. The van der Waals surface area contributed by atoms with Gasteiger partial charge in [-0.2, -0.15) is 0 Å². The number of hydrogen-bond donors (Lipinski definition) is 0. The zero-order valence-electron chi connectivity index (χ0n) is 16.7. The number of hydrogen-bond acceptors (Lipinski definition) is 6. The molecule has 0 N–H and O–H groups in total. The predicted octanol–water partition coefficient (Wildman–Crippen LogP) is 5.57. The van der Waals surface area contributed by atoms with Gasteiger partial charge in [0.25, 0.3) is 0 Å². The summed E-state index contributed by atoms with van der Waals surface area (Å²) in [4.78, 5) is 0. The molecule has 2 heterocycles. The molecule has 0 amide bonds. The minimum atomic E-state index is -0.0369. The molecule has 0 saturated carbocycles. The second kappa shape index (κ2) is 8.61. The molecule has 0 fully saturated rings. The summed E-state index contributed by atoms with van der Waals surface area (Å²) in [6.45, 7) is 7.14. The van der Waals surface area contributed by atoms with Gasteiger partial charge < -0.3 is 8.98 Å². The van der Waals surface area contributed by atoms with Gasteiger partial charge in [0, 0.05) is 17.7 Å². The van der Waals surface area contributed by atoms with Crippen LogP contribution in [0.4, 0.5) is 0 Å². The van der Waals surface area contributed by atoms with Crippen molar-refractivity contribution in [2.75, 3.05) is 0 Å². The molecule has 0 aliphatic heterocycles. The average Bonchev–Trinajstić information content (AvgIpc) is 3.37. The Labute approximate surface area is 174 Å². The average molecular weight is 406 g/mol. The van der Waals surface area contributed by atoms with Crippen LogP contribution in [-0.2, 0) is 6.54 Å². The topological polar surface area (TPSA) is 69.6 Å². The Hall–Kier alpha value is -2.93. The van der Waals surface area contributed by atoms with E-state index in [4.69, 9.17) is 4.42 Å². The number of aryl methyl sites for hydroxylation is 1. The zero-order chi connectivity index (χ0) is 20.2. The quantitative estimate of drug-likeness (QED) is 0.375. The molecule has 0 spiro atoms. The van der Waals surface area contributed by atoms with Gasteiger partial charge in [-0.1, -0.05) is 60.6 Å². The molecule has 4 rings (SSSR count). The number of benzene rings is 2. The molecule has 148 valence electrons. The van der Waals surface area contributed by atoms with Crippen molar-refractivity contribution in [2.24, 2.45) is 0 Å².